The normalized spacial score (nSPS) is 29.8. The molecule has 1 aliphatic heterocycles. The molecule has 0 N–H and O–H groups in total. The number of amides is 1. The lowest BCUT2D eigenvalue weighted by Gasteiger charge is -2.31. The monoisotopic (exact) mass is 266 g/mol. The van der Waals surface area contributed by atoms with Crippen molar-refractivity contribution >= 4 is 6.09 Å². The molecule has 2 rings (SSSR count). The van der Waals surface area contributed by atoms with E-state index in [1.807, 2.05) is 25.7 Å². The molecule has 2 aliphatic rings. The highest BCUT2D eigenvalue weighted by molar-refractivity contribution is 5.69. The number of azide groups is 1. The number of fused-ring (bicyclic) bond motifs is 1. The van der Waals surface area contributed by atoms with E-state index in [1.165, 1.54) is 6.42 Å². The highest BCUT2D eigenvalue weighted by Crippen LogP contribution is 2.41. The maximum absolute atomic E-state index is 12.3. The van der Waals surface area contributed by atoms with Crippen LogP contribution in [0.25, 0.3) is 10.4 Å². The molecule has 1 heterocycles. The van der Waals surface area contributed by atoms with Crippen molar-refractivity contribution in [3.05, 3.63) is 10.4 Å². The topological polar surface area (TPSA) is 78.3 Å². The highest BCUT2D eigenvalue weighted by Gasteiger charge is 2.46. The highest BCUT2D eigenvalue weighted by atomic mass is 16.6. The summed E-state index contributed by atoms with van der Waals surface area (Å²) in [6.07, 6.45) is 4.04. The third-order valence-electron chi connectivity index (χ3n) is 3.90. The predicted octanol–water partition coefficient (Wildman–Crippen LogP) is 3.47. The van der Waals surface area contributed by atoms with Gasteiger partial charge in [0.1, 0.15) is 5.60 Å². The molecule has 0 radical (unpaired) electrons. The summed E-state index contributed by atoms with van der Waals surface area (Å²) in [7, 11) is 0. The average molecular weight is 266 g/mol. The van der Waals surface area contributed by atoms with Crippen molar-refractivity contribution < 1.29 is 9.53 Å². The lowest BCUT2D eigenvalue weighted by atomic mass is 10.0. The van der Waals surface area contributed by atoms with Crippen molar-refractivity contribution in [2.24, 2.45) is 11.0 Å². The summed E-state index contributed by atoms with van der Waals surface area (Å²) in [4.78, 5) is 17.0. The van der Waals surface area contributed by atoms with Gasteiger partial charge in [-0.1, -0.05) is 11.5 Å². The SMILES string of the molecule is CC(C)(C)OC(=O)N1[C@H](CN=[N+]=[N-])C[C@@H]2CCC[C@@H]21. The molecule has 3 atom stereocenters. The first kappa shape index (κ1) is 14.0. The van der Waals surface area contributed by atoms with Crippen molar-refractivity contribution in [3.63, 3.8) is 0 Å². The van der Waals surface area contributed by atoms with Gasteiger partial charge < -0.3 is 9.64 Å². The number of carbonyl (C=O) groups excluding carboxylic acids is 1. The molecule has 0 bridgehead atoms. The van der Waals surface area contributed by atoms with E-state index in [1.54, 1.807) is 0 Å². The minimum Gasteiger partial charge on any atom is -0.444 e. The van der Waals surface area contributed by atoms with Crippen LogP contribution in [0.15, 0.2) is 5.11 Å². The average Bonchev–Trinajstić information content (AvgIpc) is 2.82. The second-order valence-corrected chi connectivity index (χ2v) is 6.45. The van der Waals surface area contributed by atoms with Gasteiger partial charge >= 0.3 is 6.09 Å². The van der Waals surface area contributed by atoms with Crippen LogP contribution >= 0.6 is 0 Å². The molecule has 0 unspecified atom stereocenters. The molecule has 0 aromatic carbocycles. The molecule has 2 fully saturated rings. The van der Waals surface area contributed by atoms with Crippen LogP contribution in [0.3, 0.4) is 0 Å². The van der Waals surface area contributed by atoms with Gasteiger partial charge in [0.25, 0.3) is 0 Å². The van der Waals surface area contributed by atoms with Crippen LogP contribution in [0.1, 0.15) is 46.5 Å². The number of likely N-dealkylation sites (tertiary alicyclic amines) is 1. The number of ether oxygens (including phenoxy) is 1. The summed E-state index contributed by atoms with van der Waals surface area (Å²) in [5.74, 6) is 0.548. The zero-order valence-electron chi connectivity index (χ0n) is 11.9. The summed E-state index contributed by atoms with van der Waals surface area (Å²) in [5, 5.41) is 3.64. The van der Waals surface area contributed by atoms with E-state index < -0.39 is 5.60 Å². The number of carbonyl (C=O) groups is 1. The fraction of sp³-hybridized carbons (Fsp3) is 0.923. The van der Waals surface area contributed by atoms with Crippen LogP contribution in [0.4, 0.5) is 4.79 Å². The minimum absolute atomic E-state index is 0.000972. The van der Waals surface area contributed by atoms with Gasteiger partial charge in [0.15, 0.2) is 0 Å². The summed E-state index contributed by atoms with van der Waals surface area (Å²) in [6.45, 7) is 5.96. The first-order valence-electron chi connectivity index (χ1n) is 6.94. The van der Waals surface area contributed by atoms with Crippen LogP contribution in [-0.2, 0) is 4.74 Å². The Morgan fingerprint density at radius 1 is 1.47 bits per heavy atom. The summed E-state index contributed by atoms with van der Waals surface area (Å²) in [6, 6.07) is 0.273. The van der Waals surface area contributed by atoms with Gasteiger partial charge in [-0.3, -0.25) is 0 Å². The quantitative estimate of drug-likeness (QED) is 0.435. The Bertz CT molecular complexity index is 398. The van der Waals surface area contributed by atoms with Gasteiger partial charge in [0.2, 0.25) is 0 Å². The molecule has 1 aliphatic carbocycles. The van der Waals surface area contributed by atoms with Gasteiger partial charge in [-0.2, -0.15) is 0 Å². The Kier molecular flexibility index (Phi) is 3.90. The summed E-state index contributed by atoms with van der Waals surface area (Å²) < 4.78 is 5.49. The second-order valence-electron chi connectivity index (χ2n) is 6.45. The van der Waals surface area contributed by atoms with E-state index in [-0.39, 0.29) is 18.2 Å². The van der Waals surface area contributed by atoms with Gasteiger partial charge in [0, 0.05) is 23.5 Å². The summed E-state index contributed by atoms with van der Waals surface area (Å²) >= 11 is 0. The van der Waals surface area contributed by atoms with E-state index in [4.69, 9.17) is 10.3 Å². The maximum atomic E-state index is 12.3. The van der Waals surface area contributed by atoms with E-state index in [0.717, 1.165) is 19.3 Å². The van der Waals surface area contributed by atoms with Crippen molar-refractivity contribution in [2.75, 3.05) is 6.54 Å². The Morgan fingerprint density at radius 3 is 2.84 bits per heavy atom. The van der Waals surface area contributed by atoms with Gasteiger partial charge in [-0.25, -0.2) is 4.79 Å². The van der Waals surface area contributed by atoms with E-state index in [2.05, 4.69) is 10.0 Å². The minimum atomic E-state index is -0.489. The molecule has 6 heteroatoms. The Morgan fingerprint density at radius 2 is 2.21 bits per heavy atom. The predicted molar refractivity (Wildman–Crippen MR) is 71.6 cm³/mol. The van der Waals surface area contributed by atoms with E-state index >= 15 is 0 Å². The van der Waals surface area contributed by atoms with Crippen molar-refractivity contribution in [2.45, 2.75) is 64.1 Å². The fourth-order valence-electron chi connectivity index (χ4n) is 3.28. The van der Waals surface area contributed by atoms with Gasteiger partial charge in [-0.15, -0.1) is 0 Å². The Labute approximate surface area is 113 Å². The fourth-order valence-corrected chi connectivity index (χ4v) is 3.28. The second kappa shape index (κ2) is 5.29. The molecule has 19 heavy (non-hydrogen) atoms. The Hall–Kier alpha value is -1.42. The number of nitrogens with zero attached hydrogens (tertiary/aromatic N) is 4. The zero-order valence-corrected chi connectivity index (χ0v) is 11.9. The van der Waals surface area contributed by atoms with Crippen LogP contribution in [-0.4, -0.2) is 35.2 Å². The van der Waals surface area contributed by atoms with Crippen LogP contribution in [0.5, 0.6) is 0 Å². The van der Waals surface area contributed by atoms with Crippen molar-refractivity contribution in [3.8, 4) is 0 Å². The van der Waals surface area contributed by atoms with Crippen molar-refractivity contribution in [1.82, 2.24) is 4.90 Å². The molecule has 1 saturated carbocycles. The Balaban J connectivity index is 2.11. The van der Waals surface area contributed by atoms with Crippen molar-refractivity contribution in [1.29, 1.82) is 0 Å². The molecule has 0 aromatic heterocycles. The van der Waals surface area contributed by atoms with Crippen LogP contribution in [0, 0.1) is 5.92 Å². The van der Waals surface area contributed by atoms with Gasteiger partial charge in [0.05, 0.1) is 0 Å². The lowest BCUT2D eigenvalue weighted by molar-refractivity contribution is 0.0146. The van der Waals surface area contributed by atoms with Crippen LogP contribution < -0.4 is 0 Å². The van der Waals surface area contributed by atoms with E-state index in [0.29, 0.717) is 12.5 Å². The molecule has 106 valence electrons. The lowest BCUT2D eigenvalue weighted by Crippen LogP contribution is -2.45. The third kappa shape index (κ3) is 3.13. The molecule has 1 amide bonds. The molecule has 1 saturated heterocycles. The first-order valence-corrected chi connectivity index (χ1v) is 6.94. The smallest absolute Gasteiger partial charge is 0.410 e. The number of hydrogen-bond donors (Lipinski definition) is 0. The van der Waals surface area contributed by atoms with Gasteiger partial charge in [-0.05, 0) is 51.5 Å². The van der Waals surface area contributed by atoms with Crippen LogP contribution in [0.2, 0.25) is 0 Å². The molecular formula is C13H22N4O2. The molecular weight excluding hydrogens is 244 g/mol. The zero-order chi connectivity index (χ0) is 14.0. The number of hydrogen-bond acceptors (Lipinski definition) is 3. The maximum Gasteiger partial charge on any atom is 0.410 e. The number of rotatable bonds is 2. The first-order chi connectivity index (χ1) is 8.92. The largest absolute Gasteiger partial charge is 0.444 e. The standard InChI is InChI=1S/C13H22N4O2/c1-13(2,3)19-12(18)17-10(8-15-16-14)7-9-5-4-6-11(9)17/h9-11H,4-8H2,1-3H3/t9-,10-,11-/m0/s1. The molecule has 0 aromatic rings. The van der Waals surface area contributed by atoms with E-state index in [9.17, 15) is 4.79 Å². The molecule has 6 nitrogen and oxygen atoms in total. The molecule has 0 spiro atoms. The third-order valence-corrected chi connectivity index (χ3v) is 3.90. The summed E-state index contributed by atoms with van der Waals surface area (Å²) in [5.41, 5.74) is 7.98.